The fourth-order valence-corrected chi connectivity index (χ4v) is 3.80. The number of carbonyl (C=O) groups is 1. The lowest BCUT2D eigenvalue weighted by Crippen LogP contribution is -2.37. The van der Waals surface area contributed by atoms with E-state index in [1.807, 2.05) is 67.8 Å². The lowest BCUT2D eigenvalue weighted by molar-refractivity contribution is -0.124. The molecule has 3 rings (SSSR count). The number of anilines is 1. The van der Waals surface area contributed by atoms with E-state index in [1.54, 1.807) is 13.3 Å². The Morgan fingerprint density at radius 2 is 1.93 bits per heavy atom. The van der Waals surface area contributed by atoms with Crippen LogP contribution in [0.1, 0.15) is 30.9 Å². The number of amides is 1. The minimum atomic E-state index is -0.742. The van der Waals surface area contributed by atoms with E-state index >= 15 is 0 Å². The molecule has 0 saturated heterocycles. The molecule has 1 atom stereocenters. The number of carbonyl (C=O) groups excluding carboxylic acids is 1. The molecule has 4 nitrogen and oxygen atoms in total. The Morgan fingerprint density at radius 1 is 1.19 bits per heavy atom. The molecule has 0 aliphatic heterocycles. The quantitative estimate of drug-likeness (QED) is 0.667. The average Bonchev–Trinajstić information content (AvgIpc) is 3.16. The normalized spacial score (nSPS) is 12.4. The van der Waals surface area contributed by atoms with E-state index in [0.29, 0.717) is 16.3 Å². The number of nitrogens with one attached hydrogen (secondary N) is 1. The predicted octanol–water partition coefficient (Wildman–Crippen LogP) is 3.74. The maximum absolute atomic E-state index is 13.1. The molecule has 2 radical (unpaired) electrons. The van der Waals surface area contributed by atoms with E-state index in [-0.39, 0.29) is 11.8 Å². The van der Waals surface area contributed by atoms with Crippen molar-refractivity contribution in [3.05, 3.63) is 71.2 Å². The molecule has 2 aromatic carbocycles. The van der Waals surface area contributed by atoms with Crippen molar-refractivity contribution >= 4 is 35.7 Å². The monoisotopic (exact) mass is 376 g/mol. The number of nitrogens with zero attached hydrogens (tertiary/aromatic N) is 1. The van der Waals surface area contributed by atoms with Gasteiger partial charge in [-0.1, -0.05) is 61.8 Å². The molecule has 1 aromatic heterocycles. The van der Waals surface area contributed by atoms with Gasteiger partial charge >= 0.3 is 0 Å². The first-order chi connectivity index (χ1) is 12.9. The minimum absolute atomic E-state index is 0.0966. The van der Waals surface area contributed by atoms with Crippen molar-refractivity contribution < 1.29 is 9.53 Å². The first-order valence-electron chi connectivity index (χ1n) is 8.62. The van der Waals surface area contributed by atoms with Crippen LogP contribution in [-0.2, 0) is 4.79 Å². The van der Waals surface area contributed by atoms with E-state index in [4.69, 9.17) is 12.6 Å². The molecule has 1 heterocycles. The highest BCUT2D eigenvalue weighted by molar-refractivity contribution is 7.13. The van der Waals surface area contributed by atoms with Gasteiger partial charge in [-0.25, -0.2) is 4.98 Å². The molecule has 0 spiro atoms. The van der Waals surface area contributed by atoms with Gasteiger partial charge in [-0.05, 0) is 17.2 Å². The summed E-state index contributed by atoms with van der Waals surface area (Å²) in [4.78, 5) is 17.3. The topological polar surface area (TPSA) is 51.2 Å². The van der Waals surface area contributed by atoms with Gasteiger partial charge in [-0.3, -0.25) is 4.79 Å². The summed E-state index contributed by atoms with van der Waals surface area (Å²) in [6.07, 6.45) is 1.67. The second-order valence-corrected chi connectivity index (χ2v) is 7.75. The summed E-state index contributed by atoms with van der Waals surface area (Å²) < 4.78 is 5.28. The van der Waals surface area contributed by atoms with Crippen molar-refractivity contribution in [3.8, 4) is 5.75 Å². The summed E-state index contributed by atoms with van der Waals surface area (Å²) in [5.74, 6) is 0.336. The smallest absolute Gasteiger partial charge is 0.232 e. The van der Waals surface area contributed by atoms with Crippen LogP contribution in [0.5, 0.6) is 5.75 Å². The van der Waals surface area contributed by atoms with Crippen molar-refractivity contribution in [2.45, 2.75) is 19.8 Å². The van der Waals surface area contributed by atoms with Gasteiger partial charge in [-0.2, -0.15) is 0 Å². The lowest BCUT2D eigenvalue weighted by atomic mass is 9.70. The summed E-state index contributed by atoms with van der Waals surface area (Å²) >= 11 is 1.40. The van der Waals surface area contributed by atoms with Gasteiger partial charge in [0.05, 0.1) is 12.5 Å². The molecule has 0 aliphatic rings. The van der Waals surface area contributed by atoms with Crippen molar-refractivity contribution in [1.82, 2.24) is 4.98 Å². The number of thiazole rings is 1. The number of ether oxygens (including phenoxy) is 1. The van der Waals surface area contributed by atoms with Crippen LogP contribution < -0.4 is 15.5 Å². The Labute approximate surface area is 165 Å². The van der Waals surface area contributed by atoms with Crippen LogP contribution in [0.25, 0.3) is 0 Å². The molecule has 3 aromatic rings. The first kappa shape index (κ1) is 19.2. The van der Waals surface area contributed by atoms with Crippen molar-refractivity contribution in [2.24, 2.45) is 5.41 Å². The number of aromatic nitrogens is 1. The summed E-state index contributed by atoms with van der Waals surface area (Å²) in [5, 5.41) is 5.36. The molecular formula is C21H21BN2O2S. The molecule has 0 unspecified atom stereocenters. The molecule has 6 heteroatoms. The van der Waals surface area contributed by atoms with Gasteiger partial charge in [0.15, 0.2) is 5.13 Å². The van der Waals surface area contributed by atoms with Crippen LogP contribution in [0.2, 0.25) is 0 Å². The fraction of sp³-hybridized carbons (Fsp3) is 0.238. The van der Waals surface area contributed by atoms with E-state index < -0.39 is 5.41 Å². The number of hydrogen-bond acceptors (Lipinski definition) is 4. The molecule has 1 amide bonds. The van der Waals surface area contributed by atoms with Crippen LogP contribution in [0.15, 0.2) is 60.1 Å². The zero-order valence-electron chi connectivity index (χ0n) is 15.6. The van der Waals surface area contributed by atoms with Crippen LogP contribution in [0.3, 0.4) is 0 Å². The third-order valence-electron chi connectivity index (χ3n) is 4.68. The van der Waals surface area contributed by atoms with Crippen LogP contribution in [0, 0.1) is 5.41 Å². The maximum Gasteiger partial charge on any atom is 0.232 e. The predicted molar refractivity (Wildman–Crippen MR) is 111 cm³/mol. The highest BCUT2D eigenvalue weighted by Gasteiger charge is 2.39. The largest absolute Gasteiger partial charge is 0.497 e. The molecule has 27 heavy (non-hydrogen) atoms. The molecule has 0 aliphatic carbocycles. The summed E-state index contributed by atoms with van der Waals surface area (Å²) in [7, 11) is 7.73. The van der Waals surface area contributed by atoms with Gasteiger partial charge in [-0.15, -0.1) is 11.3 Å². The van der Waals surface area contributed by atoms with Crippen molar-refractivity contribution in [2.75, 3.05) is 12.4 Å². The molecule has 0 bridgehead atoms. The van der Waals surface area contributed by atoms with Gasteiger partial charge in [0, 0.05) is 17.5 Å². The van der Waals surface area contributed by atoms with Crippen LogP contribution in [0.4, 0.5) is 5.13 Å². The third kappa shape index (κ3) is 4.06. The summed E-state index contributed by atoms with van der Waals surface area (Å²) in [5.41, 5.74) is 1.81. The number of benzene rings is 2. The summed E-state index contributed by atoms with van der Waals surface area (Å²) in [6, 6.07) is 15.7. The first-order valence-corrected chi connectivity index (χ1v) is 9.50. The molecule has 0 saturated carbocycles. The highest BCUT2D eigenvalue weighted by atomic mass is 32.1. The van der Waals surface area contributed by atoms with Gasteiger partial charge < -0.3 is 10.1 Å². The standard InChI is InChI=1S/C21H21BN2O2S/c1-21(2,19(25)24-20-23-11-12-27-20)18(14-7-5-4-6-8-14)15-9-10-17(26-3)16(22)13-15/h4-13,18H,1-3H3,(H,23,24,25)/t18-/m1/s1. The number of hydrogen-bond donors (Lipinski definition) is 1. The van der Waals surface area contributed by atoms with Gasteiger partial charge in [0.25, 0.3) is 0 Å². The van der Waals surface area contributed by atoms with E-state index in [0.717, 1.165) is 11.1 Å². The van der Waals surface area contributed by atoms with Crippen LogP contribution in [-0.4, -0.2) is 25.8 Å². The van der Waals surface area contributed by atoms with Gasteiger partial charge in [0.2, 0.25) is 5.91 Å². The zero-order valence-corrected chi connectivity index (χ0v) is 16.4. The van der Waals surface area contributed by atoms with Crippen LogP contribution >= 0.6 is 11.3 Å². The highest BCUT2D eigenvalue weighted by Crippen LogP contribution is 2.42. The Hall–Kier alpha value is -2.60. The Bertz CT molecular complexity index is 911. The Morgan fingerprint density at radius 3 is 2.52 bits per heavy atom. The van der Waals surface area contributed by atoms with Crippen molar-refractivity contribution in [1.29, 1.82) is 0 Å². The van der Waals surface area contributed by atoms with E-state index in [1.165, 1.54) is 11.3 Å². The lowest BCUT2D eigenvalue weighted by Gasteiger charge is -2.34. The third-order valence-corrected chi connectivity index (χ3v) is 5.37. The Balaban J connectivity index is 2.04. The molecule has 0 fully saturated rings. The second kappa shape index (κ2) is 7.97. The second-order valence-electron chi connectivity index (χ2n) is 6.86. The number of rotatable bonds is 6. The molecule has 136 valence electrons. The van der Waals surface area contributed by atoms with Crippen molar-refractivity contribution in [3.63, 3.8) is 0 Å². The SMILES string of the molecule is [B]c1cc([C@@H](c2ccccc2)C(C)(C)C(=O)Nc2nccs2)ccc1OC. The summed E-state index contributed by atoms with van der Waals surface area (Å²) in [6.45, 7) is 3.88. The van der Waals surface area contributed by atoms with E-state index in [2.05, 4.69) is 10.3 Å². The van der Waals surface area contributed by atoms with E-state index in [9.17, 15) is 4.79 Å². The number of methoxy groups -OCH3 is 1. The molecule has 1 N–H and O–H groups in total. The minimum Gasteiger partial charge on any atom is -0.497 e. The Kier molecular flexibility index (Phi) is 5.66. The molecular weight excluding hydrogens is 355 g/mol. The average molecular weight is 376 g/mol. The fourth-order valence-electron chi connectivity index (χ4n) is 3.28. The maximum atomic E-state index is 13.1. The van der Waals surface area contributed by atoms with Gasteiger partial charge in [0.1, 0.15) is 13.6 Å². The zero-order chi connectivity index (χ0) is 19.4.